The van der Waals surface area contributed by atoms with E-state index in [1.807, 2.05) is 19.0 Å². The number of carbonyl (C=O) groups is 3. The van der Waals surface area contributed by atoms with Crippen molar-refractivity contribution < 1.29 is 36.7 Å². The number of nitrogens with zero attached hydrogens (tertiary/aromatic N) is 5. The molecule has 2 aromatic heterocycles. The van der Waals surface area contributed by atoms with Gasteiger partial charge in [-0.2, -0.15) is 9.40 Å². The average molecular weight is 699 g/mol. The van der Waals surface area contributed by atoms with Gasteiger partial charge in [-0.1, -0.05) is 13.8 Å². The van der Waals surface area contributed by atoms with E-state index in [1.54, 1.807) is 25.8 Å². The van der Waals surface area contributed by atoms with E-state index in [0.29, 0.717) is 36.1 Å². The molecule has 2 aromatic carbocycles. The largest absolute Gasteiger partial charge is 0.477 e. The van der Waals surface area contributed by atoms with Crippen molar-refractivity contribution in [2.24, 2.45) is 5.73 Å². The molecule has 14 nitrogen and oxygen atoms in total. The van der Waals surface area contributed by atoms with Crippen LogP contribution >= 0.6 is 0 Å². The number of carboxylic acid groups (broad SMARTS) is 1. The van der Waals surface area contributed by atoms with Gasteiger partial charge in [-0.15, -0.1) is 0 Å². The second-order valence-corrected chi connectivity index (χ2v) is 14.6. The molecule has 0 saturated carbocycles. The Kier molecular flexibility index (Phi) is 9.37. The van der Waals surface area contributed by atoms with Crippen molar-refractivity contribution in [2.45, 2.75) is 30.7 Å². The summed E-state index contributed by atoms with van der Waals surface area (Å²) in [7, 11) is 1.13. The predicted octanol–water partition coefficient (Wildman–Crippen LogP) is 3.01. The molecule has 3 heterocycles. The number of primary amides is 1. The number of halogens is 2. The normalized spacial score (nSPS) is 14.4. The smallest absolute Gasteiger partial charge is 0.352 e. The molecule has 0 saturated heterocycles. The minimum atomic E-state index is -4.40. The van der Waals surface area contributed by atoms with Crippen LogP contribution in [0.4, 0.5) is 20.3 Å². The van der Waals surface area contributed by atoms with Crippen LogP contribution in [0.1, 0.15) is 56.3 Å². The number of fused-ring (bicyclic) bond motifs is 1. The molecule has 1 aliphatic rings. The summed E-state index contributed by atoms with van der Waals surface area (Å²) >= 11 is 0. The summed E-state index contributed by atoms with van der Waals surface area (Å²) in [6, 6.07) is 7.73. The molecular formula is C32H36F2N8O6S. The molecule has 0 bridgehead atoms. The monoisotopic (exact) mass is 698 g/mol. The average Bonchev–Trinajstić information content (AvgIpc) is 3.67. The van der Waals surface area contributed by atoms with Crippen LogP contribution in [0.5, 0.6) is 0 Å². The van der Waals surface area contributed by atoms with E-state index < -0.39 is 49.8 Å². The van der Waals surface area contributed by atoms with Crippen LogP contribution in [0.15, 0.2) is 53.6 Å². The Labute approximate surface area is 281 Å². The fourth-order valence-corrected chi connectivity index (χ4v) is 7.42. The third-order valence-corrected chi connectivity index (χ3v) is 10.1. The van der Waals surface area contributed by atoms with Gasteiger partial charge < -0.3 is 30.5 Å². The van der Waals surface area contributed by atoms with Gasteiger partial charge in [-0.25, -0.2) is 22.0 Å². The number of carboxylic acids is 1. The molecule has 0 spiro atoms. The lowest BCUT2D eigenvalue weighted by atomic mass is 9.84. The zero-order valence-corrected chi connectivity index (χ0v) is 28.2. The molecule has 0 atom stereocenters. The maximum atomic E-state index is 14.0. The molecule has 0 fully saturated rings. The van der Waals surface area contributed by atoms with E-state index in [1.165, 1.54) is 35.0 Å². The van der Waals surface area contributed by atoms with Crippen LogP contribution < -0.4 is 16.0 Å². The van der Waals surface area contributed by atoms with Crippen molar-refractivity contribution >= 4 is 39.3 Å². The van der Waals surface area contributed by atoms with Crippen LogP contribution in [-0.4, -0.2) is 96.1 Å². The number of carbonyl (C=O) groups excluding carboxylic acids is 2. The summed E-state index contributed by atoms with van der Waals surface area (Å²) in [4.78, 5) is 42.0. The van der Waals surface area contributed by atoms with Crippen molar-refractivity contribution in [2.75, 3.05) is 51.0 Å². The van der Waals surface area contributed by atoms with E-state index in [2.05, 4.69) is 15.5 Å². The molecule has 0 radical (unpaired) electrons. The Balaban J connectivity index is 1.57. The van der Waals surface area contributed by atoms with Gasteiger partial charge >= 0.3 is 5.97 Å². The molecule has 1 aliphatic heterocycles. The van der Waals surface area contributed by atoms with E-state index in [-0.39, 0.29) is 41.4 Å². The van der Waals surface area contributed by atoms with Crippen LogP contribution in [-0.2, 0) is 22.0 Å². The zero-order chi connectivity index (χ0) is 36.0. The molecule has 0 aliphatic carbocycles. The minimum Gasteiger partial charge on any atom is -0.477 e. The number of amides is 2. The highest BCUT2D eigenvalue weighted by Gasteiger charge is 2.41. The number of likely N-dealkylation sites (N-methyl/N-ethyl adjacent to an activating group) is 2. The zero-order valence-electron chi connectivity index (χ0n) is 27.4. The number of aromatic nitrogens is 3. The lowest BCUT2D eigenvalue weighted by Crippen LogP contribution is -2.45. The summed E-state index contributed by atoms with van der Waals surface area (Å²) in [6.07, 6.45) is 1.51. The third-order valence-electron chi connectivity index (χ3n) is 8.30. The van der Waals surface area contributed by atoms with Gasteiger partial charge in [0.15, 0.2) is 5.82 Å². The topological polar surface area (TPSA) is 187 Å². The highest BCUT2D eigenvalue weighted by atomic mass is 32.2. The standard InChI is InChI=1S/C32H36F2N8O6S/c1-32(2)17-41(49(47,48)20-12-18(33)11-19(34)13-20)16-23-27(32)37-38-29(23)36-30(44)22-15-26(42-8-6-7-24(42)31(45)46)25(14-21(22)28(35)43)40(5)10-9-39(3)4/h6-8,11-15H,9-10,16-17H2,1-5H3,(H2,35,43)(H,45,46)(H2,36,37,38,44). The number of H-pyrrole nitrogens is 1. The third kappa shape index (κ3) is 6.90. The first-order valence-corrected chi connectivity index (χ1v) is 16.4. The highest BCUT2D eigenvalue weighted by molar-refractivity contribution is 7.89. The molecular weight excluding hydrogens is 662 g/mol. The number of aromatic carboxylic acids is 1. The van der Waals surface area contributed by atoms with Crippen LogP contribution in [0.2, 0.25) is 0 Å². The fourth-order valence-electron chi connectivity index (χ4n) is 5.81. The number of hydrogen-bond donors (Lipinski definition) is 4. The van der Waals surface area contributed by atoms with Crippen molar-refractivity contribution in [3.63, 3.8) is 0 Å². The summed E-state index contributed by atoms with van der Waals surface area (Å²) in [5.74, 6) is -5.13. The molecule has 17 heteroatoms. The first-order valence-electron chi connectivity index (χ1n) is 15.0. The SMILES string of the molecule is CN(C)CCN(C)c1cc(C(N)=O)c(C(=O)Nc2n[nH]c3c2CN(S(=O)(=O)c2cc(F)cc(F)c2)CC3(C)C)cc1-n1cccc1C(=O)O. The second-order valence-electron chi connectivity index (χ2n) is 12.7. The molecule has 4 aromatic rings. The number of nitrogens with one attached hydrogen (secondary N) is 2. The maximum Gasteiger partial charge on any atom is 0.352 e. The fraction of sp³-hybridized carbons (Fsp3) is 0.312. The number of aromatic amines is 1. The summed E-state index contributed by atoms with van der Waals surface area (Å²) < 4.78 is 57.5. The van der Waals surface area contributed by atoms with Gasteiger partial charge in [0.1, 0.15) is 17.3 Å². The quantitative estimate of drug-likeness (QED) is 0.183. The van der Waals surface area contributed by atoms with E-state index >= 15 is 0 Å². The van der Waals surface area contributed by atoms with Crippen LogP contribution in [0.3, 0.4) is 0 Å². The molecule has 49 heavy (non-hydrogen) atoms. The predicted molar refractivity (Wildman–Crippen MR) is 177 cm³/mol. The minimum absolute atomic E-state index is 0.0465. The Morgan fingerprint density at radius 3 is 2.35 bits per heavy atom. The molecule has 260 valence electrons. The summed E-state index contributed by atoms with van der Waals surface area (Å²) in [5.41, 5.74) is 5.97. The number of sulfonamides is 1. The highest BCUT2D eigenvalue weighted by Crippen LogP contribution is 2.38. The Morgan fingerprint density at radius 2 is 1.73 bits per heavy atom. The Bertz CT molecular complexity index is 2050. The number of nitrogens with two attached hydrogens (primary N) is 1. The molecule has 2 amide bonds. The molecule has 5 rings (SSSR count). The molecule has 5 N–H and O–H groups in total. The van der Waals surface area contributed by atoms with E-state index in [9.17, 15) is 36.7 Å². The lowest BCUT2D eigenvalue weighted by Gasteiger charge is -2.36. The van der Waals surface area contributed by atoms with Gasteiger partial charge in [0, 0.05) is 62.2 Å². The second kappa shape index (κ2) is 13.1. The summed E-state index contributed by atoms with van der Waals surface area (Å²) in [5, 5.41) is 19.6. The maximum absolute atomic E-state index is 14.0. The van der Waals surface area contributed by atoms with Gasteiger partial charge in [0.2, 0.25) is 15.9 Å². The number of rotatable bonds is 11. The van der Waals surface area contributed by atoms with Crippen molar-refractivity contribution in [1.82, 2.24) is 24.0 Å². The lowest BCUT2D eigenvalue weighted by molar-refractivity contribution is 0.0687. The number of hydrogen-bond acceptors (Lipinski definition) is 8. The van der Waals surface area contributed by atoms with Crippen molar-refractivity contribution in [1.29, 1.82) is 0 Å². The summed E-state index contributed by atoms with van der Waals surface area (Å²) in [6.45, 7) is 4.19. The van der Waals surface area contributed by atoms with E-state index in [4.69, 9.17) is 5.73 Å². The van der Waals surface area contributed by atoms with Crippen LogP contribution in [0.25, 0.3) is 5.69 Å². The van der Waals surface area contributed by atoms with Gasteiger partial charge in [0.25, 0.3) is 5.91 Å². The van der Waals surface area contributed by atoms with E-state index in [0.717, 1.165) is 16.4 Å². The van der Waals surface area contributed by atoms with Crippen LogP contribution in [0, 0.1) is 11.6 Å². The van der Waals surface area contributed by atoms with Gasteiger partial charge in [-0.3, -0.25) is 14.7 Å². The Morgan fingerprint density at radius 1 is 1.06 bits per heavy atom. The number of benzene rings is 2. The first-order chi connectivity index (χ1) is 22.9. The first kappa shape index (κ1) is 35.2. The van der Waals surface area contributed by atoms with Gasteiger partial charge in [0.05, 0.1) is 27.4 Å². The van der Waals surface area contributed by atoms with Gasteiger partial charge in [-0.05, 0) is 50.5 Å². The van der Waals surface area contributed by atoms with Crippen molar-refractivity contribution in [3.05, 3.63) is 88.4 Å². The number of anilines is 2. The molecule has 0 unspecified atom stereocenters. The Hall–Kier alpha value is -5.13. The van der Waals surface area contributed by atoms with Crippen molar-refractivity contribution in [3.8, 4) is 5.69 Å².